The first kappa shape index (κ1) is 21.1. The highest BCUT2D eigenvalue weighted by Gasteiger charge is 2.28. The van der Waals surface area contributed by atoms with E-state index >= 15 is 0 Å². The standard InChI is InChI=1S/C25H32N2O2/c1-18(19-8-6-5-7-9-19)26-23(28)20-14-16-27(17-15-20)24(29)21-10-12-22(13-11-21)25(2,3)4/h5-13,18,20H,14-17H2,1-4H3,(H,26,28)/t18-/m1/s1. The van der Waals surface area contributed by atoms with Crippen molar-refractivity contribution in [1.82, 2.24) is 10.2 Å². The number of likely N-dealkylation sites (tertiary alicyclic amines) is 1. The molecule has 0 spiro atoms. The Hall–Kier alpha value is -2.62. The molecule has 1 aliphatic heterocycles. The molecule has 0 unspecified atom stereocenters. The second kappa shape index (κ2) is 8.81. The second-order valence-corrected chi connectivity index (χ2v) is 9.03. The van der Waals surface area contributed by atoms with E-state index in [1.54, 1.807) is 0 Å². The molecule has 4 nitrogen and oxygen atoms in total. The van der Waals surface area contributed by atoms with Gasteiger partial charge in [-0.15, -0.1) is 0 Å². The van der Waals surface area contributed by atoms with E-state index < -0.39 is 0 Å². The molecule has 0 bridgehead atoms. The highest BCUT2D eigenvalue weighted by Crippen LogP contribution is 2.24. The molecule has 1 heterocycles. The summed E-state index contributed by atoms with van der Waals surface area (Å²) in [6, 6.07) is 17.9. The highest BCUT2D eigenvalue weighted by molar-refractivity contribution is 5.94. The van der Waals surface area contributed by atoms with Crippen molar-refractivity contribution in [2.45, 2.75) is 52.0 Å². The van der Waals surface area contributed by atoms with Crippen molar-refractivity contribution in [3.8, 4) is 0 Å². The molecule has 1 N–H and O–H groups in total. The fourth-order valence-electron chi connectivity index (χ4n) is 3.80. The van der Waals surface area contributed by atoms with Gasteiger partial charge in [0.1, 0.15) is 0 Å². The Morgan fingerprint density at radius 1 is 0.966 bits per heavy atom. The van der Waals surface area contributed by atoms with Crippen molar-refractivity contribution in [2.24, 2.45) is 5.92 Å². The molecule has 0 aliphatic carbocycles. The lowest BCUT2D eigenvalue weighted by atomic mass is 9.86. The number of hydrogen-bond acceptors (Lipinski definition) is 2. The average molecular weight is 393 g/mol. The molecule has 2 aromatic rings. The fourth-order valence-corrected chi connectivity index (χ4v) is 3.80. The Morgan fingerprint density at radius 3 is 2.10 bits per heavy atom. The third kappa shape index (κ3) is 5.26. The topological polar surface area (TPSA) is 49.4 Å². The Balaban J connectivity index is 1.53. The molecular weight excluding hydrogens is 360 g/mol. The molecule has 2 amide bonds. The summed E-state index contributed by atoms with van der Waals surface area (Å²) >= 11 is 0. The lowest BCUT2D eigenvalue weighted by molar-refractivity contribution is -0.126. The summed E-state index contributed by atoms with van der Waals surface area (Å²) in [6.07, 6.45) is 1.41. The van der Waals surface area contributed by atoms with Crippen molar-refractivity contribution >= 4 is 11.8 Å². The largest absolute Gasteiger partial charge is 0.349 e. The van der Waals surface area contributed by atoms with Gasteiger partial charge in [-0.1, -0.05) is 63.2 Å². The van der Waals surface area contributed by atoms with Crippen LogP contribution in [0.25, 0.3) is 0 Å². The summed E-state index contributed by atoms with van der Waals surface area (Å²) in [5, 5.41) is 3.12. The van der Waals surface area contributed by atoms with Crippen LogP contribution < -0.4 is 5.32 Å². The number of hydrogen-bond donors (Lipinski definition) is 1. The second-order valence-electron chi connectivity index (χ2n) is 9.03. The van der Waals surface area contributed by atoms with E-state index in [0.29, 0.717) is 25.9 Å². The number of benzene rings is 2. The maximum Gasteiger partial charge on any atom is 0.253 e. The third-order valence-electron chi connectivity index (χ3n) is 5.81. The van der Waals surface area contributed by atoms with Gasteiger partial charge in [0.25, 0.3) is 5.91 Å². The van der Waals surface area contributed by atoms with E-state index in [2.05, 4.69) is 26.1 Å². The zero-order valence-corrected chi connectivity index (χ0v) is 17.9. The van der Waals surface area contributed by atoms with E-state index in [0.717, 1.165) is 11.1 Å². The average Bonchev–Trinajstić information content (AvgIpc) is 2.73. The minimum atomic E-state index is -0.0338. The molecule has 0 saturated carbocycles. The van der Waals surface area contributed by atoms with Gasteiger partial charge < -0.3 is 10.2 Å². The number of carbonyl (C=O) groups is 2. The molecule has 1 fully saturated rings. The first-order chi connectivity index (χ1) is 13.8. The summed E-state index contributed by atoms with van der Waals surface area (Å²) in [5.41, 5.74) is 3.12. The lowest BCUT2D eigenvalue weighted by Gasteiger charge is -2.32. The zero-order chi connectivity index (χ0) is 21.0. The molecule has 1 atom stereocenters. The zero-order valence-electron chi connectivity index (χ0n) is 17.9. The Labute approximate surface area is 174 Å². The van der Waals surface area contributed by atoms with Crippen LogP contribution in [0.2, 0.25) is 0 Å². The predicted molar refractivity (Wildman–Crippen MR) is 117 cm³/mol. The predicted octanol–water partition coefficient (Wildman–Crippen LogP) is 4.71. The number of rotatable bonds is 4. The normalized spacial score (nSPS) is 16.3. The van der Waals surface area contributed by atoms with Gasteiger partial charge in [0.15, 0.2) is 0 Å². The Kier molecular flexibility index (Phi) is 6.41. The van der Waals surface area contributed by atoms with E-state index in [1.165, 1.54) is 5.56 Å². The van der Waals surface area contributed by atoms with Gasteiger partial charge in [0, 0.05) is 24.6 Å². The van der Waals surface area contributed by atoms with Crippen molar-refractivity contribution in [1.29, 1.82) is 0 Å². The molecular formula is C25H32N2O2. The van der Waals surface area contributed by atoms with Gasteiger partial charge in [-0.05, 0) is 48.4 Å². The van der Waals surface area contributed by atoms with Gasteiger partial charge >= 0.3 is 0 Å². The lowest BCUT2D eigenvalue weighted by Crippen LogP contribution is -2.43. The number of piperidine rings is 1. The molecule has 29 heavy (non-hydrogen) atoms. The smallest absolute Gasteiger partial charge is 0.253 e. The van der Waals surface area contributed by atoms with Crippen LogP contribution in [0.5, 0.6) is 0 Å². The summed E-state index contributed by atoms with van der Waals surface area (Å²) < 4.78 is 0. The van der Waals surface area contributed by atoms with Crippen LogP contribution >= 0.6 is 0 Å². The Bertz CT molecular complexity index is 829. The third-order valence-corrected chi connectivity index (χ3v) is 5.81. The fraction of sp³-hybridized carbons (Fsp3) is 0.440. The summed E-state index contributed by atoms with van der Waals surface area (Å²) in [5.74, 6) is 0.110. The molecule has 3 rings (SSSR count). The van der Waals surface area contributed by atoms with Crippen LogP contribution in [0.4, 0.5) is 0 Å². The molecule has 1 aliphatic rings. The highest BCUT2D eigenvalue weighted by atomic mass is 16.2. The molecule has 2 aromatic carbocycles. The van der Waals surface area contributed by atoms with Crippen LogP contribution in [0.3, 0.4) is 0 Å². The van der Waals surface area contributed by atoms with Crippen LogP contribution in [-0.4, -0.2) is 29.8 Å². The van der Waals surface area contributed by atoms with E-state index in [4.69, 9.17) is 0 Å². The van der Waals surface area contributed by atoms with Crippen molar-refractivity contribution in [3.05, 3.63) is 71.3 Å². The molecule has 1 saturated heterocycles. The SMILES string of the molecule is C[C@@H](NC(=O)C1CCN(C(=O)c2ccc(C(C)(C)C)cc2)CC1)c1ccccc1. The Morgan fingerprint density at radius 2 is 1.55 bits per heavy atom. The number of carbonyl (C=O) groups excluding carboxylic acids is 2. The monoisotopic (exact) mass is 392 g/mol. The van der Waals surface area contributed by atoms with Gasteiger partial charge in [-0.25, -0.2) is 0 Å². The number of nitrogens with zero attached hydrogens (tertiary/aromatic N) is 1. The van der Waals surface area contributed by atoms with Gasteiger partial charge in [0.2, 0.25) is 5.91 Å². The molecule has 154 valence electrons. The first-order valence-electron chi connectivity index (χ1n) is 10.5. The molecule has 0 radical (unpaired) electrons. The minimum absolute atomic E-state index is 0.00954. The number of nitrogens with one attached hydrogen (secondary N) is 1. The summed E-state index contributed by atoms with van der Waals surface area (Å²) in [6.45, 7) is 9.75. The van der Waals surface area contributed by atoms with Gasteiger partial charge in [-0.2, -0.15) is 0 Å². The van der Waals surface area contributed by atoms with Crippen molar-refractivity contribution in [2.75, 3.05) is 13.1 Å². The number of amides is 2. The maximum absolute atomic E-state index is 12.8. The van der Waals surface area contributed by atoms with E-state index in [-0.39, 0.29) is 29.2 Å². The van der Waals surface area contributed by atoms with Crippen molar-refractivity contribution < 1.29 is 9.59 Å². The van der Waals surface area contributed by atoms with Crippen LogP contribution in [-0.2, 0) is 10.2 Å². The quantitative estimate of drug-likeness (QED) is 0.819. The van der Waals surface area contributed by atoms with Crippen LogP contribution in [0, 0.1) is 5.92 Å². The molecule has 0 aromatic heterocycles. The van der Waals surface area contributed by atoms with E-state index in [9.17, 15) is 9.59 Å². The summed E-state index contributed by atoms with van der Waals surface area (Å²) in [4.78, 5) is 27.3. The first-order valence-corrected chi connectivity index (χ1v) is 10.5. The van der Waals surface area contributed by atoms with Crippen molar-refractivity contribution in [3.63, 3.8) is 0 Å². The van der Waals surface area contributed by atoms with Crippen LogP contribution in [0.15, 0.2) is 54.6 Å². The van der Waals surface area contributed by atoms with E-state index in [1.807, 2.05) is 66.4 Å². The molecule has 4 heteroatoms. The van der Waals surface area contributed by atoms with Gasteiger partial charge in [-0.3, -0.25) is 9.59 Å². The van der Waals surface area contributed by atoms with Crippen LogP contribution in [0.1, 0.15) is 68.1 Å². The summed E-state index contributed by atoms with van der Waals surface area (Å²) in [7, 11) is 0. The minimum Gasteiger partial charge on any atom is -0.349 e. The maximum atomic E-state index is 12.8. The van der Waals surface area contributed by atoms with Gasteiger partial charge in [0.05, 0.1) is 6.04 Å².